The number of carbonyl (C=O) groups is 2. The van der Waals surface area contributed by atoms with Crippen molar-refractivity contribution in [1.29, 1.82) is 0 Å². The van der Waals surface area contributed by atoms with Gasteiger partial charge in [-0.05, 0) is 12.3 Å². The van der Waals surface area contributed by atoms with Crippen molar-refractivity contribution in [2.45, 2.75) is 136 Å². The van der Waals surface area contributed by atoms with E-state index in [4.69, 9.17) is 9.84 Å². The molecule has 2 unspecified atom stereocenters. The molecular formula is C28H56NO4+. The number of carbonyl (C=O) groups excluding carboxylic acids is 1. The van der Waals surface area contributed by atoms with E-state index in [-0.39, 0.29) is 12.4 Å². The number of unbranched alkanes of at least 4 members (excludes halogenated alkanes) is 12. The van der Waals surface area contributed by atoms with Crippen molar-refractivity contribution < 1.29 is 23.9 Å². The molecule has 0 aromatic heterocycles. The van der Waals surface area contributed by atoms with Crippen LogP contribution in [0, 0.1) is 5.92 Å². The first kappa shape index (κ1) is 31.9. The number of hydrogen-bond acceptors (Lipinski definition) is 3. The Bertz CT molecular complexity index is 487. The maximum Gasteiger partial charge on any atom is 0.307 e. The normalized spacial score (nSPS) is 13.6. The molecule has 0 saturated heterocycles. The Balaban J connectivity index is 3.66. The first-order valence-corrected chi connectivity index (χ1v) is 13.9. The summed E-state index contributed by atoms with van der Waals surface area (Å²) in [5, 5.41) is 9.06. The Hall–Kier alpha value is -1.10. The fourth-order valence-electron chi connectivity index (χ4n) is 4.44. The number of carboxylic acids is 1. The van der Waals surface area contributed by atoms with Crippen LogP contribution < -0.4 is 0 Å². The highest BCUT2D eigenvalue weighted by Crippen LogP contribution is 2.18. The van der Waals surface area contributed by atoms with Gasteiger partial charge in [0.25, 0.3) is 0 Å². The maximum atomic E-state index is 12.2. The molecule has 0 bridgehead atoms. The van der Waals surface area contributed by atoms with E-state index in [9.17, 15) is 9.59 Å². The molecule has 0 spiro atoms. The summed E-state index contributed by atoms with van der Waals surface area (Å²) in [6.45, 7) is 5.06. The Morgan fingerprint density at radius 3 is 1.67 bits per heavy atom. The molecule has 0 fully saturated rings. The van der Waals surface area contributed by atoms with Crippen LogP contribution >= 0.6 is 0 Å². The van der Waals surface area contributed by atoms with Gasteiger partial charge < -0.3 is 14.3 Å². The van der Waals surface area contributed by atoms with E-state index in [0.717, 1.165) is 12.8 Å². The van der Waals surface area contributed by atoms with Gasteiger partial charge in [-0.1, -0.05) is 110 Å². The zero-order valence-electron chi connectivity index (χ0n) is 22.7. The minimum atomic E-state index is -0.923. The van der Waals surface area contributed by atoms with Crippen molar-refractivity contribution in [3.63, 3.8) is 0 Å². The van der Waals surface area contributed by atoms with Crippen molar-refractivity contribution in [3.05, 3.63) is 0 Å². The monoisotopic (exact) mass is 470 g/mol. The van der Waals surface area contributed by atoms with Gasteiger partial charge in [-0.2, -0.15) is 0 Å². The lowest BCUT2D eigenvalue weighted by molar-refractivity contribution is -0.873. The van der Waals surface area contributed by atoms with Gasteiger partial charge in [0.15, 0.2) is 6.10 Å². The summed E-state index contributed by atoms with van der Waals surface area (Å²) in [6, 6.07) is 0. The number of esters is 1. The summed E-state index contributed by atoms with van der Waals surface area (Å²) in [5.41, 5.74) is 0. The second-order valence-corrected chi connectivity index (χ2v) is 11.2. The third-order valence-electron chi connectivity index (χ3n) is 6.33. The van der Waals surface area contributed by atoms with E-state index >= 15 is 0 Å². The Morgan fingerprint density at radius 1 is 0.758 bits per heavy atom. The number of likely N-dealkylation sites (N-methyl/N-ethyl adjacent to an activating group) is 1. The average molecular weight is 471 g/mol. The molecule has 0 radical (unpaired) electrons. The van der Waals surface area contributed by atoms with Crippen LogP contribution in [0.15, 0.2) is 0 Å². The number of nitrogens with zero attached hydrogens (tertiary/aromatic N) is 1. The molecule has 0 rings (SSSR count). The van der Waals surface area contributed by atoms with Crippen molar-refractivity contribution in [1.82, 2.24) is 0 Å². The van der Waals surface area contributed by atoms with Crippen LogP contribution in [0.3, 0.4) is 0 Å². The summed E-state index contributed by atoms with van der Waals surface area (Å²) >= 11 is 0. The van der Waals surface area contributed by atoms with Crippen LogP contribution in [0.1, 0.15) is 129 Å². The smallest absolute Gasteiger partial charge is 0.307 e. The quantitative estimate of drug-likeness (QED) is 0.0962. The average Bonchev–Trinajstić information content (AvgIpc) is 2.69. The minimum absolute atomic E-state index is 0.128. The van der Waals surface area contributed by atoms with Gasteiger partial charge in [-0.25, -0.2) is 0 Å². The number of rotatable bonds is 23. The second-order valence-electron chi connectivity index (χ2n) is 11.2. The fourth-order valence-corrected chi connectivity index (χ4v) is 4.44. The highest BCUT2D eigenvalue weighted by Gasteiger charge is 2.24. The fraction of sp³-hybridized carbons (Fsp3) is 0.929. The van der Waals surface area contributed by atoms with Crippen LogP contribution in [0.25, 0.3) is 0 Å². The molecule has 0 aromatic carbocycles. The van der Waals surface area contributed by atoms with Crippen LogP contribution in [0.2, 0.25) is 0 Å². The molecule has 0 heterocycles. The number of carboxylic acid groups (broad SMARTS) is 1. The highest BCUT2D eigenvalue weighted by molar-refractivity contribution is 5.71. The summed E-state index contributed by atoms with van der Waals surface area (Å²) in [6.07, 6.45) is 20.8. The van der Waals surface area contributed by atoms with Gasteiger partial charge in [0, 0.05) is 6.42 Å². The minimum Gasteiger partial charge on any atom is -0.481 e. The standard InChI is InChI=1S/C28H55NO4/c1-6-7-8-9-10-11-12-13-14-15-16-17-18-20-25(2)21-19-22-28(32)33-26(23-27(30)31)24-29(3,4)5/h25-26H,6-24H2,1-5H3/p+1. The van der Waals surface area contributed by atoms with Crippen LogP contribution in [-0.4, -0.2) is 55.3 Å². The van der Waals surface area contributed by atoms with Gasteiger partial charge in [0.1, 0.15) is 6.54 Å². The molecule has 0 aliphatic heterocycles. The highest BCUT2D eigenvalue weighted by atomic mass is 16.5. The largest absolute Gasteiger partial charge is 0.481 e. The van der Waals surface area contributed by atoms with Crippen molar-refractivity contribution in [2.24, 2.45) is 5.92 Å². The first-order chi connectivity index (χ1) is 15.6. The lowest BCUT2D eigenvalue weighted by atomic mass is 9.96. The van der Waals surface area contributed by atoms with Crippen molar-refractivity contribution in [2.75, 3.05) is 27.7 Å². The van der Waals surface area contributed by atoms with Crippen molar-refractivity contribution in [3.8, 4) is 0 Å². The summed E-state index contributed by atoms with van der Waals surface area (Å²) < 4.78 is 6.04. The van der Waals surface area contributed by atoms with Gasteiger partial charge in [0.05, 0.1) is 27.6 Å². The Morgan fingerprint density at radius 2 is 1.21 bits per heavy atom. The Kier molecular flexibility index (Phi) is 19.6. The van der Waals surface area contributed by atoms with E-state index in [0.29, 0.717) is 23.4 Å². The molecule has 2 atom stereocenters. The third-order valence-corrected chi connectivity index (χ3v) is 6.33. The third kappa shape index (κ3) is 23.8. The van der Waals surface area contributed by atoms with Crippen LogP contribution in [0.4, 0.5) is 0 Å². The van der Waals surface area contributed by atoms with Crippen LogP contribution in [-0.2, 0) is 14.3 Å². The molecule has 0 saturated carbocycles. The SMILES string of the molecule is CCCCCCCCCCCCCCCC(C)CCCC(=O)OC(CC(=O)O)C[N+](C)(C)C. The molecule has 196 valence electrons. The molecule has 0 amide bonds. The number of quaternary nitrogens is 1. The number of ether oxygens (including phenoxy) is 1. The molecule has 33 heavy (non-hydrogen) atoms. The first-order valence-electron chi connectivity index (χ1n) is 13.9. The predicted octanol–water partition coefficient (Wildman–Crippen LogP) is 7.37. The van der Waals surface area contributed by atoms with E-state index in [1.165, 1.54) is 89.9 Å². The summed E-state index contributed by atoms with van der Waals surface area (Å²) in [5.74, 6) is -0.554. The summed E-state index contributed by atoms with van der Waals surface area (Å²) in [7, 11) is 5.92. The zero-order chi connectivity index (χ0) is 25.0. The molecular weight excluding hydrogens is 414 g/mol. The van der Waals surface area contributed by atoms with E-state index in [2.05, 4.69) is 13.8 Å². The van der Waals surface area contributed by atoms with Gasteiger partial charge in [-0.15, -0.1) is 0 Å². The molecule has 0 aromatic rings. The van der Waals surface area contributed by atoms with E-state index in [1.54, 1.807) is 0 Å². The van der Waals surface area contributed by atoms with Crippen LogP contribution in [0.5, 0.6) is 0 Å². The molecule has 0 aliphatic rings. The van der Waals surface area contributed by atoms with E-state index in [1.807, 2.05) is 21.1 Å². The van der Waals surface area contributed by atoms with Gasteiger partial charge in [0.2, 0.25) is 0 Å². The predicted molar refractivity (Wildman–Crippen MR) is 138 cm³/mol. The number of hydrogen-bond donors (Lipinski definition) is 1. The lowest BCUT2D eigenvalue weighted by Crippen LogP contribution is -2.43. The van der Waals surface area contributed by atoms with Gasteiger partial charge >= 0.3 is 11.9 Å². The second kappa shape index (κ2) is 20.3. The Labute approximate surface area is 205 Å². The van der Waals surface area contributed by atoms with Crippen molar-refractivity contribution >= 4 is 11.9 Å². The molecule has 5 heteroatoms. The van der Waals surface area contributed by atoms with Gasteiger partial charge in [-0.3, -0.25) is 9.59 Å². The summed E-state index contributed by atoms with van der Waals surface area (Å²) in [4.78, 5) is 23.2. The lowest BCUT2D eigenvalue weighted by Gasteiger charge is -2.28. The zero-order valence-corrected chi connectivity index (χ0v) is 22.7. The number of aliphatic carboxylic acids is 1. The maximum absolute atomic E-state index is 12.2. The molecule has 1 N–H and O–H groups in total. The topological polar surface area (TPSA) is 63.6 Å². The molecule has 5 nitrogen and oxygen atoms in total. The van der Waals surface area contributed by atoms with E-state index < -0.39 is 12.1 Å². The molecule has 0 aliphatic carbocycles.